The maximum absolute atomic E-state index is 13.4. The highest BCUT2D eigenvalue weighted by Crippen LogP contribution is 2.25. The van der Waals surface area contributed by atoms with Crippen LogP contribution in [0.4, 0.5) is 8.78 Å². The van der Waals surface area contributed by atoms with Gasteiger partial charge in [0.15, 0.2) is 6.04 Å². The molecule has 0 saturated carbocycles. The van der Waals surface area contributed by atoms with Gasteiger partial charge in [-0.25, -0.2) is 8.78 Å². The highest BCUT2D eigenvalue weighted by molar-refractivity contribution is 5.92. The van der Waals surface area contributed by atoms with Crippen LogP contribution in [0, 0.1) is 5.82 Å². The van der Waals surface area contributed by atoms with E-state index in [4.69, 9.17) is 5.73 Å². The van der Waals surface area contributed by atoms with E-state index in [0.717, 1.165) is 11.1 Å². The number of alkyl halides is 1. The van der Waals surface area contributed by atoms with Gasteiger partial charge in [0, 0.05) is 6.54 Å². The van der Waals surface area contributed by atoms with Crippen LogP contribution in [0.5, 0.6) is 0 Å². The summed E-state index contributed by atoms with van der Waals surface area (Å²) in [6.45, 7) is 0.348. The van der Waals surface area contributed by atoms with E-state index in [2.05, 4.69) is 5.73 Å². The van der Waals surface area contributed by atoms with Crippen molar-refractivity contribution in [1.82, 2.24) is 4.90 Å². The van der Waals surface area contributed by atoms with Crippen molar-refractivity contribution in [2.24, 2.45) is 5.73 Å². The summed E-state index contributed by atoms with van der Waals surface area (Å²) in [5.74, 6) is -2.26. The molecule has 1 saturated heterocycles. The normalized spacial score (nSPS) is 18.9. The molecule has 1 aliphatic rings. The minimum absolute atomic E-state index is 0.0276. The molecule has 142 valence electrons. The van der Waals surface area contributed by atoms with Gasteiger partial charge in [-0.3, -0.25) is 9.59 Å². The fourth-order valence-corrected chi connectivity index (χ4v) is 3.41. The van der Waals surface area contributed by atoms with E-state index in [1.807, 2.05) is 0 Å². The topological polar surface area (TPSA) is 91.0 Å². The van der Waals surface area contributed by atoms with E-state index in [-0.39, 0.29) is 18.3 Å². The fourth-order valence-electron chi connectivity index (χ4n) is 3.41. The zero-order chi connectivity index (χ0) is 19.6. The first-order valence-corrected chi connectivity index (χ1v) is 8.78. The van der Waals surface area contributed by atoms with Crippen molar-refractivity contribution in [2.75, 3.05) is 13.1 Å². The van der Waals surface area contributed by atoms with Crippen LogP contribution in [-0.2, 0) is 9.59 Å². The molecule has 0 radical (unpaired) electrons. The van der Waals surface area contributed by atoms with Gasteiger partial charge in [0.05, 0.1) is 6.54 Å². The van der Waals surface area contributed by atoms with Gasteiger partial charge < -0.3 is 16.4 Å². The standard InChI is InChI=1S/C20H21F2N3O2/c21-15-7-5-13(6-8-15)12-1-3-14(4-2-12)17(19(24)26)18(23)20(27)25-10-9-16(22)11-25/h1-8,16-18H,9-11,23H2,(H2,24,26)/p+1/t16-,17-,18-/m0/s1. The van der Waals surface area contributed by atoms with E-state index >= 15 is 0 Å². The van der Waals surface area contributed by atoms with Crippen molar-refractivity contribution in [3.8, 4) is 11.1 Å². The molecule has 2 aromatic carbocycles. The Balaban J connectivity index is 1.81. The van der Waals surface area contributed by atoms with Crippen molar-refractivity contribution >= 4 is 11.8 Å². The zero-order valence-corrected chi connectivity index (χ0v) is 14.8. The molecule has 3 atom stereocenters. The minimum Gasteiger partial charge on any atom is -0.369 e. The number of nitrogens with two attached hydrogens (primary N) is 1. The SMILES string of the molecule is NC(=O)[C@@H](c1ccc(-c2ccc(F)cc2)cc1)[C@H]([NH3+])C(=O)N1CC[C@H](F)C1. The third-order valence-electron chi connectivity index (χ3n) is 4.92. The van der Waals surface area contributed by atoms with E-state index < -0.39 is 24.0 Å². The number of nitrogens with zero attached hydrogens (tertiary/aromatic N) is 1. The van der Waals surface area contributed by atoms with Gasteiger partial charge in [0.25, 0.3) is 5.91 Å². The summed E-state index contributed by atoms with van der Waals surface area (Å²) in [6.07, 6.45) is -0.741. The maximum atomic E-state index is 13.4. The maximum Gasteiger partial charge on any atom is 0.282 e. The summed E-state index contributed by atoms with van der Waals surface area (Å²) in [7, 11) is 0. The van der Waals surface area contributed by atoms with Gasteiger partial charge in [-0.15, -0.1) is 0 Å². The molecule has 3 rings (SSSR count). The Labute approximate surface area is 155 Å². The molecular formula is C20H22F2N3O2+. The number of halogens is 2. The second-order valence-electron chi connectivity index (χ2n) is 6.79. The highest BCUT2D eigenvalue weighted by Gasteiger charge is 2.39. The molecule has 0 aromatic heterocycles. The van der Waals surface area contributed by atoms with Crippen molar-refractivity contribution in [1.29, 1.82) is 0 Å². The van der Waals surface area contributed by atoms with Crippen LogP contribution >= 0.6 is 0 Å². The van der Waals surface area contributed by atoms with Crippen LogP contribution < -0.4 is 11.5 Å². The van der Waals surface area contributed by atoms with Crippen LogP contribution in [0.3, 0.4) is 0 Å². The number of carbonyl (C=O) groups is 2. The molecule has 0 spiro atoms. The Morgan fingerprint density at radius 3 is 2.11 bits per heavy atom. The molecule has 2 aromatic rings. The molecule has 1 heterocycles. The van der Waals surface area contributed by atoms with Gasteiger partial charge in [-0.1, -0.05) is 36.4 Å². The Morgan fingerprint density at radius 2 is 1.63 bits per heavy atom. The third-order valence-corrected chi connectivity index (χ3v) is 4.92. The number of benzene rings is 2. The number of hydrogen-bond acceptors (Lipinski definition) is 2. The molecule has 5 nitrogen and oxygen atoms in total. The average Bonchev–Trinajstić information content (AvgIpc) is 3.08. The lowest BCUT2D eigenvalue weighted by atomic mass is 9.89. The first-order valence-electron chi connectivity index (χ1n) is 8.78. The first kappa shape index (κ1) is 19.0. The van der Waals surface area contributed by atoms with Gasteiger partial charge in [-0.05, 0) is 35.2 Å². The molecular weight excluding hydrogens is 352 g/mol. The Kier molecular flexibility index (Phi) is 5.51. The Hall–Kier alpha value is -2.80. The van der Waals surface area contributed by atoms with E-state index in [9.17, 15) is 18.4 Å². The Morgan fingerprint density at radius 1 is 1.07 bits per heavy atom. The summed E-state index contributed by atoms with van der Waals surface area (Å²) in [4.78, 5) is 26.0. The monoisotopic (exact) mass is 374 g/mol. The number of rotatable bonds is 5. The smallest absolute Gasteiger partial charge is 0.282 e. The summed E-state index contributed by atoms with van der Waals surface area (Å²) >= 11 is 0. The Bertz CT molecular complexity index is 824. The van der Waals surface area contributed by atoms with Crippen LogP contribution in [0.1, 0.15) is 17.9 Å². The number of carbonyl (C=O) groups excluding carboxylic acids is 2. The quantitative estimate of drug-likeness (QED) is 0.824. The van der Waals surface area contributed by atoms with Crippen LogP contribution in [0.15, 0.2) is 48.5 Å². The lowest BCUT2D eigenvalue weighted by molar-refractivity contribution is -0.408. The molecule has 0 unspecified atom stereocenters. The largest absolute Gasteiger partial charge is 0.369 e. The average molecular weight is 374 g/mol. The van der Waals surface area contributed by atoms with Crippen molar-refractivity contribution in [3.63, 3.8) is 0 Å². The number of hydrogen-bond donors (Lipinski definition) is 2. The zero-order valence-electron chi connectivity index (χ0n) is 14.8. The number of likely N-dealkylation sites (tertiary alicyclic amines) is 1. The lowest BCUT2D eigenvalue weighted by Crippen LogP contribution is -2.71. The van der Waals surface area contributed by atoms with Crippen molar-refractivity contribution in [2.45, 2.75) is 24.6 Å². The summed E-state index contributed by atoms with van der Waals surface area (Å²) in [5.41, 5.74) is 11.6. The van der Waals surface area contributed by atoms with E-state index in [1.165, 1.54) is 17.0 Å². The predicted octanol–water partition coefficient (Wildman–Crippen LogP) is 1.24. The molecule has 7 heteroatoms. The van der Waals surface area contributed by atoms with Gasteiger partial charge in [-0.2, -0.15) is 0 Å². The third kappa shape index (κ3) is 4.14. The molecule has 2 amide bonds. The highest BCUT2D eigenvalue weighted by atomic mass is 19.1. The summed E-state index contributed by atoms with van der Waals surface area (Å²) in [6, 6.07) is 12.1. The van der Waals surface area contributed by atoms with Gasteiger partial charge >= 0.3 is 0 Å². The van der Waals surface area contributed by atoms with Crippen LogP contribution in [0.25, 0.3) is 11.1 Å². The first-order chi connectivity index (χ1) is 12.9. The van der Waals surface area contributed by atoms with E-state index in [1.54, 1.807) is 36.4 Å². The second kappa shape index (κ2) is 7.84. The number of quaternary nitrogens is 1. The van der Waals surface area contributed by atoms with Crippen LogP contribution in [0.2, 0.25) is 0 Å². The summed E-state index contributed by atoms with van der Waals surface area (Å²) < 4.78 is 26.4. The number of primary amides is 1. The molecule has 5 N–H and O–H groups in total. The molecule has 0 bridgehead atoms. The lowest BCUT2D eigenvalue weighted by Gasteiger charge is -2.23. The molecule has 1 aliphatic heterocycles. The van der Waals surface area contributed by atoms with Gasteiger partial charge in [0.1, 0.15) is 17.9 Å². The fraction of sp³-hybridized carbons (Fsp3) is 0.300. The number of amides is 2. The molecule has 1 fully saturated rings. The van der Waals surface area contributed by atoms with E-state index in [0.29, 0.717) is 18.5 Å². The minimum atomic E-state index is -1.04. The van der Waals surface area contributed by atoms with Crippen molar-refractivity contribution < 1.29 is 24.1 Å². The molecule has 0 aliphatic carbocycles. The van der Waals surface area contributed by atoms with Crippen LogP contribution in [-0.4, -0.2) is 42.0 Å². The van der Waals surface area contributed by atoms with Gasteiger partial charge in [0.2, 0.25) is 5.91 Å². The second-order valence-corrected chi connectivity index (χ2v) is 6.79. The summed E-state index contributed by atoms with van der Waals surface area (Å²) in [5, 5.41) is 0. The predicted molar refractivity (Wildman–Crippen MR) is 96.5 cm³/mol. The molecule has 27 heavy (non-hydrogen) atoms. The van der Waals surface area contributed by atoms with Crippen molar-refractivity contribution in [3.05, 3.63) is 59.9 Å².